The van der Waals surface area contributed by atoms with Crippen molar-refractivity contribution in [2.45, 2.75) is 24.0 Å². The smallest absolute Gasteiger partial charge is 0.255 e. The molecule has 3 aromatic rings. The molecule has 0 spiro atoms. The fraction of sp³-hybridized carbons (Fsp3) is 0.130. The summed E-state index contributed by atoms with van der Waals surface area (Å²) in [6, 6.07) is 19.7. The van der Waals surface area contributed by atoms with E-state index in [4.69, 9.17) is 23.2 Å². The number of aryl methyl sites for hydroxylation is 1. The van der Waals surface area contributed by atoms with Crippen LogP contribution in [-0.2, 0) is 4.79 Å². The highest BCUT2D eigenvalue weighted by Crippen LogP contribution is 2.28. The van der Waals surface area contributed by atoms with Gasteiger partial charge in [0.15, 0.2) is 0 Å². The highest BCUT2D eigenvalue weighted by atomic mass is 35.5. The largest absolute Gasteiger partial charge is 0.324 e. The third-order valence-electron chi connectivity index (χ3n) is 4.30. The third kappa shape index (κ3) is 6.02. The van der Waals surface area contributed by atoms with Crippen molar-refractivity contribution < 1.29 is 9.59 Å². The first-order valence-corrected chi connectivity index (χ1v) is 10.9. The van der Waals surface area contributed by atoms with E-state index in [1.807, 2.05) is 50.2 Å². The molecule has 0 heterocycles. The van der Waals surface area contributed by atoms with Crippen LogP contribution in [0.1, 0.15) is 22.8 Å². The number of rotatable bonds is 6. The third-order valence-corrected chi connectivity index (χ3v) is 5.96. The minimum absolute atomic E-state index is 0.164. The van der Waals surface area contributed by atoms with Crippen molar-refractivity contribution in [3.8, 4) is 0 Å². The summed E-state index contributed by atoms with van der Waals surface area (Å²) in [4.78, 5) is 25.7. The summed E-state index contributed by atoms with van der Waals surface area (Å²) in [7, 11) is 0. The zero-order valence-electron chi connectivity index (χ0n) is 16.4. The molecule has 0 aromatic heterocycles. The lowest BCUT2D eigenvalue weighted by atomic mass is 10.1. The van der Waals surface area contributed by atoms with Gasteiger partial charge in [-0.25, -0.2) is 0 Å². The van der Waals surface area contributed by atoms with Gasteiger partial charge in [-0.1, -0.05) is 40.9 Å². The Hall–Kier alpha value is -2.47. The fourth-order valence-electron chi connectivity index (χ4n) is 2.61. The molecule has 0 fully saturated rings. The molecule has 1 atom stereocenters. The van der Waals surface area contributed by atoms with Gasteiger partial charge < -0.3 is 10.6 Å². The Morgan fingerprint density at radius 3 is 2.20 bits per heavy atom. The summed E-state index contributed by atoms with van der Waals surface area (Å²) in [6.45, 7) is 3.79. The number of anilines is 2. The lowest BCUT2D eigenvalue weighted by Crippen LogP contribution is -2.22. The van der Waals surface area contributed by atoms with Crippen molar-refractivity contribution in [1.82, 2.24) is 0 Å². The van der Waals surface area contributed by atoms with Crippen LogP contribution in [0.5, 0.6) is 0 Å². The predicted molar refractivity (Wildman–Crippen MR) is 126 cm³/mol. The van der Waals surface area contributed by atoms with Crippen LogP contribution < -0.4 is 10.6 Å². The van der Waals surface area contributed by atoms with Crippen LogP contribution in [0.25, 0.3) is 0 Å². The molecule has 0 bridgehead atoms. The minimum atomic E-state index is -0.343. The van der Waals surface area contributed by atoms with Gasteiger partial charge in [-0.15, -0.1) is 11.8 Å². The number of thioether (sulfide) groups is 1. The molecule has 154 valence electrons. The number of nitrogens with one attached hydrogen (secondary N) is 2. The molecule has 30 heavy (non-hydrogen) atoms. The lowest BCUT2D eigenvalue weighted by molar-refractivity contribution is -0.115. The van der Waals surface area contributed by atoms with E-state index < -0.39 is 0 Å². The summed E-state index contributed by atoms with van der Waals surface area (Å²) in [5.41, 5.74) is 2.91. The minimum Gasteiger partial charge on any atom is -0.324 e. The molecule has 0 aliphatic rings. The molecule has 3 rings (SSSR count). The molecule has 0 saturated carbocycles. The maximum atomic E-state index is 12.5. The van der Waals surface area contributed by atoms with Gasteiger partial charge in [0.25, 0.3) is 5.91 Å². The van der Waals surface area contributed by atoms with Gasteiger partial charge in [0.1, 0.15) is 0 Å². The highest BCUT2D eigenvalue weighted by Gasteiger charge is 2.16. The Morgan fingerprint density at radius 2 is 1.57 bits per heavy atom. The van der Waals surface area contributed by atoms with E-state index in [0.717, 1.165) is 10.5 Å². The van der Waals surface area contributed by atoms with E-state index in [1.165, 1.54) is 11.8 Å². The Labute approximate surface area is 190 Å². The second-order valence-corrected chi connectivity index (χ2v) is 8.98. The van der Waals surface area contributed by atoms with Gasteiger partial charge in [-0.3, -0.25) is 9.59 Å². The van der Waals surface area contributed by atoms with Crippen molar-refractivity contribution in [1.29, 1.82) is 0 Å². The van der Waals surface area contributed by atoms with E-state index in [1.54, 1.807) is 30.3 Å². The lowest BCUT2D eigenvalue weighted by Gasteiger charge is -2.13. The highest BCUT2D eigenvalue weighted by molar-refractivity contribution is 8.00. The van der Waals surface area contributed by atoms with Gasteiger partial charge in [0.2, 0.25) is 5.91 Å². The average molecular weight is 459 g/mol. The summed E-state index contributed by atoms with van der Waals surface area (Å²) >= 11 is 13.4. The van der Waals surface area contributed by atoms with Crippen LogP contribution in [0.4, 0.5) is 11.4 Å². The van der Waals surface area contributed by atoms with Crippen LogP contribution in [0, 0.1) is 6.92 Å². The molecule has 1 unspecified atom stereocenters. The monoisotopic (exact) mass is 458 g/mol. The van der Waals surface area contributed by atoms with Gasteiger partial charge in [-0.05, 0) is 68.4 Å². The average Bonchev–Trinajstić information content (AvgIpc) is 2.72. The quantitative estimate of drug-likeness (QED) is 0.405. The molecular formula is C23H20Cl2N2O2S. The molecular weight excluding hydrogens is 439 g/mol. The van der Waals surface area contributed by atoms with E-state index in [2.05, 4.69) is 10.6 Å². The molecule has 0 radical (unpaired) electrons. The number of halogens is 2. The SMILES string of the molecule is Cc1ccc(C(=O)Nc2ccc(SC(C)C(=O)Nc3ccc(Cl)cc3Cl)cc2)cc1. The van der Waals surface area contributed by atoms with Crippen LogP contribution >= 0.6 is 35.0 Å². The Bertz CT molecular complexity index is 1050. The fourth-order valence-corrected chi connectivity index (χ4v) is 3.93. The van der Waals surface area contributed by atoms with Crippen LogP contribution in [-0.4, -0.2) is 17.1 Å². The van der Waals surface area contributed by atoms with Gasteiger partial charge in [-0.2, -0.15) is 0 Å². The zero-order valence-corrected chi connectivity index (χ0v) is 18.7. The number of carbonyl (C=O) groups is 2. The molecule has 2 amide bonds. The van der Waals surface area contributed by atoms with Gasteiger partial charge >= 0.3 is 0 Å². The first-order chi connectivity index (χ1) is 14.3. The molecule has 0 saturated heterocycles. The number of benzene rings is 3. The van der Waals surface area contributed by atoms with Crippen molar-refractivity contribution in [2.24, 2.45) is 0 Å². The standard InChI is InChI=1S/C23H20Cl2N2O2S/c1-14-3-5-16(6-4-14)23(29)26-18-8-10-19(11-9-18)30-15(2)22(28)27-21-12-7-17(24)13-20(21)25/h3-13,15H,1-2H3,(H,26,29)(H,27,28). The Kier molecular flexibility index (Phi) is 7.43. The Morgan fingerprint density at radius 1 is 0.900 bits per heavy atom. The zero-order chi connectivity index (χ0) is 21.7. The van der Waals surface area contributed by atoms with Crippen molar-refractivity contribution in [2.75, 3.05) is 10.6 Å². The first kappa shape index (κ1) is 22.2. The summed E-state index contributed by atoms with van der Waals surface area (Å²) in [5, 5.41) is 6.24. The molecule has 7 heteroatoms. The van der Waals surface area contributed by atoms with Crippen LogP contribution in [0.15, 0.2) is 71.6 Å². The van der Waals surface area contributed by atoms with Crippen LogP contribution in [0.3, 0.4) is 0 Å². The molecule has 3 aromatic carbocycles. The molecule has 2 N–H and O–H groups in total. The maximum absolute atomic E-state index is 12.5. The number of carbonyl (C=O) groups excluding carboxylic acids is 2. The van der Waals surface area contributed by atoms with E-state index in [9.17, 15) is 9.59 Å². The maximum Gasteiger partial charge on any atom is 0.255 e. The van der Waals surface area contributed by atoms with Crippen molar-refractivity contribution >= 4 is 58.2 Å². The number of hydrogen-bond donors (Lipinski definition) is 2. The normalized spacial score (nSPS) is 11.6. The van der Waals surface area contributed by atoms with Gasteiger partial charge in [0, 0.05) is 21.2 Å². The molecule has 4 nitrogen and oxygen atoms in total. The topological polar surface area (TPSA) is 58.2 Å². The Balaban J connectivity index is 1.57. The van der Waals surface area contributed by atoms with Crippen molar-refractivity contribution in [3.05, 3.63) is 87.9 Å². The summed E-state index contributed by atoms with van der Waals surface area (Å²) < 4.78 is 0. The number of amides is 2. The predicted octanol–water partition coefficient (Wildman–Crippen LogP) is 6.67. The van der Waals surface area contributed by atoms with Crippen LogP contribution in [0.2, 0.25) is 10.0 Å². The second kappa shape index (κ2) is 10.0. The van der Waals surface area contributed by atoms with Gasteiger partial charge in [0.05, 0.1) is 16.0 Å². The summed E-state index contributed by atoms with van der Waals surface area (Å²) in [5.74, 6) is -0.330. The molecule has 0 aliphatic heterocycles. The second-order valence-electron chi connectivity index (χ2n) is 6.72. The van der Waals surface area contributed by atoms with E-state index in [0.29, 0.717) is 27.0 Å². The first-order valence-electron chi connectivity index (χ1n) is 9.22. The summed E-state index contributed by atoms with van der Waals surface area (Å²) in [6.07, 6.45) is 0. The van der Waals surface area contributed by atoms with Crippen molar-refractivity contribution in [3.63, 3.8) is 0 Å². The number of hydrogen-bond acceptors (Lipinski definition) is 3. The molecule has 0 aliphatic carbocycles. The van der Waals surface area contributed by atoms with E-state index >= 15 is 0 Å². The van der Waals surface area contributed by atoms with E-state index in [-0.39, 0.29) is 17.1 Å².